The quantitative estimate of drug-likeness (QED) is 0.760. The van der Waals surface area contributed by atoms with Gasteiger partial charge in [-0.2, -0.15) is 0 Å². The zero-order valence-electron chi connectivity index (χ0n) is 9.67. The van der Waals surface area contributed by atoms with Crippen LogP contribution in [0.4, 0.5) is 0 Å². The second-order valence-electron chi connectivity index (χ2n) is 4.80. The van der Waals surface area contributed by atoms with Gasteiger partial charge in [-0.05, 0) is 38.8 Å². The number of carbonyl (C=O) groups is 1. The average Bonchev–Trinajstić information content (AvgIpc) is 2.58. The predicted octanol–water partition coefficient (Wildman–Crippen LogP) is 1.39. The second-order valence-corrected chi connectivity index (χ2v) is 4.80. The van der Waals surface area contributed by atoms with Crippen molar-refractivity contribution in [2.45, 2.75) is 45.1 Å². The Labute approximate surface area is 92.2 Å². The third-order valence-electron chi connectivity index (χ3n) is 3.89. The van der Waals surface area contributed by atoms with E-state index in [-0.39, 0.29) is 0 Å². The minimum atomic E-state index is 0.296. The van der Waals surface area contributed by atoms with Crippen molar-refractivity contribution >= 4 is 5.91 Å². The number of hydrogen-bond acceptors (Lipinski definition) is 2. The van der Waals surface area contributed by atoms with Crippen molar-refractivity contribution in [1.29, 1.82) is 0 Å². The Kier molecular flexibility index (Phi) is 3.62. The van der Waals surface area contributed by atoms with E-state index in [9.17, 15) is 4.79 Å². The normalized spacial score (nSPS) is 27.7. The summed E-state index contributed by atoms with van der Waals surface area (Å²) in [5, 5.41) is 3.11. The largest absolute Gasteiger partial charge is 0.354 e. The molecule has 1 heterocycles. The Balaban J connectivity index is 1.70. The molecule has 1 aliphatic heterocycles. The van der Waals surface area contributed by atoms with Gasteiger partial charge in [-0.3, -0.25) is 9.69 Å². The summed E-state index contributed by atoms with van der Waals surface area (Å²) in [4.78, 5) is 14.1. The van der Waals surface area contributed by atoms with E-state index < -0.39 is 0 Å². The van der Waals surface area contributed by atoms with Crippen molar-refractivity contribution in [1.82, 2.24) is 10.2 Å². The fourth-order valence-corrected chi connectivity index (χ4v) is 2.58. The molecular weight excluding hydrogens is 188 g/mol. The van der Waals surface area contributed by atoms with Crippen LogP contribution in [-0.2, 0) is 4.79 Å². The van der Waals surface area contributed by atoms with Crippen molar-refractivity contribution in [2.24, 2.45) is 5.92 Å². The molecule has 1 saturated heterocycles. The van der Waals surface area contributed by atoms with Gasteiger partial charge in [-0.15, -0.1) is 0 Å². The van der Waals surface area contributed by atoms with Gasteiger partial charge in [0.15, 0.2) is 0 Å². The molecule has 0 bridgehead atoms. The van der Waals surface area contributed by atoms with Gasteiger partial charge < -0.3 is 5.32 Å². The van der Waals surface area contributed by atoms with Crippen LogP contribution < -0.4 is 5.32 Å². The molecule has 0 aromatic rings. The van der Waals surface area contributed by atoms with Gasteiger partial charge in [0.05, 0.1) is 0 Å². The van der Waals surface area contributed by atoms with Gasteiger partial charge in [0, 0.05) is 18.5 Å². The van der Waals surface area contributed by atoms with Gasteiger partial charge >= 0.3 is 0 Å². The molecule has 2 fully saturated rings. The molecule has 0 unspecified atom stereocenters. The van der Waals surface area contributed by atoms with E-state index in [0.717, 1.165) is 25.9 Å². The molecule has 3 nitrogen and oxygen atoms in total. The fraction of sp³-hybridized carbons (Fsp3) is 0.917. The van der Waals surface area contributed by atoms with Crippen LogP contribution in [-0.4, -0.2) is 36.5 Å². The Morgan fingerprint density at radius 1 is 1.33 bits per heavy atom. The van der Waals surface area contributed by atoms with Crippen LogP contribution in [0.25, 0.3) is 0 Å². The highest BCUT2D eigenvalue weighted by Gasteiger charge is 2.27. The Morgan fingerprint density at radius 3 is 2.73 bits per heavy atom. The van der Waals surface area contributed by atoms with E-state index in [0.29, 0.717) is 17.9 Å². The van der Waals surface area contributed by atoms with Gasteiger partial charge in [-0.1, -0.05) is 13.3 Å². The number of likely N-dealkylation sites (N-methyl/N-ethyl adjacent to an activating group) is 1. The monoisotopic (exact) mass is 210 g/mol. The van der Waals surface area contributed by atoms with Crippen molar-refractivity contribution in [3.63, 3.8) is 0 Å². The predicted molar refractivity (Wildman–Crippen MR) is 60.6 cm³/mol. The SMILES string of the molecule is CCN1CCC[C@@H]1CNC(=O)C1CCC1. The molecule has 1 saturated carbocycles. The molecule has 1 atom stereocenters. The van der Waals surface area contributed by atoms with E-state index in [1.165, 1.54) is 25.8 Å². The first-order chi connectivity index (χ1) is 7.31. The summed E-state index contributed by atoms with van der Waals surface area (Å²) >= 11 is 0. The van der Waals surface area contributed by atoms with Crippen LogP contribution in [0.3, 0.4) is 0 Å². The van der Waals surface area contributed by atoms with Crippen LogP contribution >= 0.6 is 0 Å². The fourth-order valence-electron chi connectivity index (χ4n) is 2.58. The van der Waals surface area contributed by atoms with E-state index in [2.05, 4.69) is 17.1 Å². The first-order valence-electron chi connectivity index (χ1n) is 6.33. The standard InChI is InChI=1S/C12H22N2O/c1-2-14-8-4-7-11(14)9-13-12(15)10-5-3-6-10/h10-11H,2-9H2,1H3,(H,13,15)/t11-/m1/s1. The van der Waals surface area contributed by atoms with Gasteiger partial charge in [-0.25, -0.2) is 0 Å². The summed E-state index contributed by atoms with van der Waals surface area (Å²) in [5.74, 6) is 0.630. The summed E-state index contributed by atoms with van der Waals surface area (Å²) in [7, 11) is 0. The first kappa shape index (κ1) is 10.9. The molecule has 1 aliphatic carbocycles. The first-order valence-corrected chi connectivity index (χ1v) is 6.33. The van der Waals surface area contributed by atoms with Crippen molar-refractivity contribution < 1.29 is 4.79 Å². The van der Waals surface area contributed by atoms with Crippen LogP contribution in [0.1, 0.15) is 39.0 Å². The summed E-state index contributed by atoms with van der Waals surface area (Å²) in [6.07, 6.45) is 5.99. The number of amides is 1. The van der Waals surface area contributed by atoms with Crippen molar-refractivity contribution in [3.8, 4) is 0 Å². The van der Waals surface area contributed by atoms with Crippen LogP contribution in [0.2, 0.25) is 0 Å². The maximum Gasteiger partial charge on any atom is 0.223 e. The molecule has 0 aromatic heterocycles. The molecule has 2 rings (SSSR count). The summed E-state index contributed by atoms with van der Waals surface area (Å²) < 4.78 is 0. The van der Waals surface area contributed by atoms with Crippen LogP contribution in [0.15, 0.2) is 0 Å². The highest BCUT2D eigenvalue weighted by Crippen LogP contribution is 2.26. The molecule has 1 amide bonds. The highest BCUT2D eigenvalue weighted by molar-refractivity contribution is 5.79. The van der Waals surface area contributed by atoms with Gasteiger partial charge in [0.25, 0.3) is 0 Å². The minimum Gasteiger partial charge on any atom is -0.354 e. The number of nitrogens with one attached hydrogen (secondary N) is 1. The van der Waals surface area contributed by atoms with Crippen LogP contribution in [0.5, 0.6) is 0 Å². The smallest absolute Gasteiger partial charge is 0.223 e. The van der Waals surface area contributed by atoms with Crippen molar-refractivity contribution in [3.05, 3.63) is 0 Å². The Hall–Kier alpha value is -0.570. The van der Waals surface area contributed by atoms with Crippen LogP contribution in [0, 0.1) is 5.92 Å². The number of rotatable bonds is 4. The lowest BCUT2D eigenvalue weighted by Gasteiger charge is -2.27. The van der Waals surface area contributed by atoms with E-state index in [4.69, 9.17) is 0 Å². The molecule has 0 spiro atoms. The second kappa shape index (κ2) is 4.97. The van der Waals surface area contributed by atoms with E-state index >= 15 is 0 Å². The number of likely N-dealkylation sites (tertiary alicyclic amines) is 1. The molecule has 1 N–H and O–H groups in total. The average molecular weight is 210 g/mol. The summed E-state index contributed by atoms with van der Waals surface area (Å²) in [5.41, 5.74) is 0. The lowest BCUT2D eigenvalue weighted by molar-refractivity contribution is -0.127. The maximum absolute atomic E-state index is 11.6. The lowest BCUT2D eigenvalue weighted by Crippen LogP contribution is -2.43. The highest BCUT2D eigenvalue weighted by atomic mass is 16.1. The summed E-state index contributed by atoms with van der Waals surface area (Å²) in [6, 6.07) is 0.596. The molecule has 3 heteroatoms. The molecule has 2 aliphatic rings. The van der Waals surface area contributed by atoms with Gasteiger partial charge in [0.2, 0.25) is 5.91 Å². The lowest BCUT2D eigenvalue weighted by atomic mass is 9.85. The molecular formula is C12H22N2O. The molecule has 0 aromatic carbocycles. The maximum atomic E-state index is 11.6. The number of carbonyl (C=O) groups excluding carboxylic acids is 1. The third-order valence-corrected chi connectivity index (χ3v) is 3.89. The topological polar surface area (TPSA) is 32.3 Å². The van der Waals surface area contributed by atoms with Crippen molar-refractivity contribution in [2.75, 3.05) is 19.6 Å². The third kappa shape index (κ3) is 2.51. The summed E-state index contributed by atoms with van der Waals surface area (Å²) in [6.45, 7) is 5.39. The zero-order chi connectivity index (χ0) is 10.7. The number of hydrogen-bond donors (Lipinski definition) is 1. The molecule has 86 valence electrons. The van der Waals surface area contributed by atoms with Gasteiger partial charge in [0.1, 0.15) is 0 Å². The minimum absolute atomic E-state index is 0.296. The molecule has 0 radical (unpaired) electrons. The Morgan fingerprint density at radius 2 is 2.13 bits per heavy atom. The molecule has 15 heavy (non-hydrogen) atoms. The zero-order valence-corrected chi connectivity index (χ0v) is 9.67. The Bertz CT molecular complexity index is 226. The van der Waals surface area contributed by atoms with E-state index in [1.54, 1.807) is 0 Å². The number of nitrogens with zero attached hydrogens (tertiary/aromatic N) is 1. The van der Waals surface area contributed by atoms with E-state index in [1.807, 2.05) is 0 Å².